The summed E-state index contributed by atoms with van der Waals surface area (Å²) in [6, 6.07) is 0. The summed E-state index contributed by atoms with van der Waals surface area (Å²) in [5.41, 5.74) is 0. The minimum absolute atomic E-state index is 0.0446. The van der Waals surface area contributed by atoms with Crippen LogP contribution in [0.1, 0.15) is 52.4 Å². The number of piperidine rings is 1. The van der Waals surface area contributed by atoms with Gasteiger partial charge in [0.05, 0.1) is 31.8 Å². The zero-order chi connectivity index (χ0) is 16.0. The molecule has 22 heavy (non-hydrogen) atoms. The van der Waals surface area contributed by atoms with Crippen LogP contribution in [0.2, 0.25) is 0 Å². The molecule has 130 valence electrons. The first-order valence-electron chi connectivity index (χ1n) is 8.84. The van der Waals surface area contributed by atoms with E-state index in [9.17, 15) is 4.79 Å². The lowest BCUT2D eigenvalue weighted by Crippen LogP contribution is -2.33. The van der Waals surface area contributed by atoms with Crippen LogP contribution < -0.4 is 5.32 Å². The van der Waals surface area contributed by atoms with Crippen LogP contribution in [0.15, 0.2) is 0 Å². The Bertz CT molecular complexity index is 280. The zero-order valence-corrected chi connectivity index (χ0v) is 14.3. The largest absolute Gasteiger partial charge is 0.463 e. The Morgan fingerprint density at radius 3 is 2.55 bits per heavy atom. The summed E-state index contributed by atoms with van der Waals surface area (Å²) >= 11 is 0. The SMILES string of the molecule is CCCCC(CC)C(=O)OCCOCCOC1CCNCC1. The van der Waals surface area contributed by atoms with Crippen molar-refractivity contribution in [3.63, 3.8) is 0 Å². The van der Waals surface area contributed by atoms with Gasteiger partial charge in [0.1, 0.15) is 6.61 Å². The van der Waals surface area contributed by atoms with Gasteiger partial charge in [-0.2, -0.15) is 0 Å². The third kappa shape index (κ3) is 8.71. The number of nitrogens with one attached hydrogen (secondary N) is 1. The smallest absolute Gasteiger partial charge is 0.308 e. The number of rotatable bonds is 12. The van der Waals surface area contributed by atoms with Gasteiger partial charge in [-0.15, -0.1) is 0 Å². The van der Waals surface area contributed by atoms with Gasteiger partial charge in [0.15, 0.2) is 0 Å². The molecule has 0 aliphatic carbocycles. The highest BCUT2D eigenvalue weighted by Crippen LogP contribution is 2.14. The molecule has 1 aliphatic heterocycles. The molecule has 0 radical (unpaired) electrons. The molecular weight excluding hydrogens is 282 g/mol. The lowest BCUT2D eigenvalue weighted by Gasteiger charge is -2.22. The Kier molecular flexibility index (Phi) is 11.3. The Morgan fingerprint density at radius 1 is 1.14 bits per heavy atom. The molecule has 5 nitrogen and oxygen atoms in total. The summed E-state index contributed by atoms with van der Waals surface area (Å²) in [7, 11) is 0. The molecule has 0 bridgehead atoms. The fourth-order valence-corrected chi connectivity index (χ4v) is 2.60. The second-order valence-corrected chi connectivity index (χ2v) is 5.85. The summed E-state index contributed by atoms with van der Waals surface area (Å²) in [6.07, 6.45) is 6.50. The third-order valence-electron chi connectivity index (χ3n) is 4.07. The number of esters is 1. The van der Waals surface area contributed by atoms with E-state index < -0.39 is 0 Å². The van der Waals surface area contributed by atoms with Crippen molar-refractivity contribution in [2.45, 2.75) is 58.5 Å². The van der Waals surface area contributed by atoms with Crippen LogP contribution in [-0.2, 0) is 19.0 Å². The Labute approximate surface area is 135 Å². The molecule has 1 heterocycles. The second-order valence-electron chi connectivity index (χ2n) is 5.85. The maximum absolute atomic E-state index is 11.9. The van der Waals surface area contributed by atoms with Crippen LogP contribution in [0, 0.1) is 5.92 Å². The molecular formula is C17H33NO4. The molecule has 0 spiro atoms. The Morgan fingerprint density at radius 2 is 1.86 bits per heavy atom. The highest BCUT2D eigenvalue weighted by molar-refractivity contribution is 5.72. The molecule has 0 aromatic carbocycles. The van der Waals surface area contributed by atoms with E-state index in [1.807, 2.05) is 6.92 Å². The van der Waals surface area contributed by atoms with Crippen molar-refractivity contribution in [1.82, 2.24) is 5.32 Å². The summed E-state index contributed by atoms with van der Waals surface area (Å²) in [6.45, 7) is 8.23. The van der Waals surface area contributed by atoms with E-state index in [2.05, 4.69) is 12.2 Å². The van der Waals surface area contributed by atoms with Gasteiger partial charge in [0.25, 0.3) is 0 Å². The predicted molar refractivity (Wildman–Crippen MR) is 86.9 cm³/mol. The molecule has 0 aromatic heterocycles. The molecule has 5 heteroatoms. The van der Waals surface area contributed by atoms with Gasteiger partial charge in [-0.3, -0.25) is 4.79 Å². The van der Waals surface area contributed by atoms with Crippen LogP contribution in [0.3, 0.4) is 0 Å². The van der Waals surface area contributed by atoms with Crippen molar-refractivity contribution in [3.8, 4) is 0 Å². The van der Waals surface area contributed by atoms with E-state index in [0.29, 0.717) is 32.5 Å². The minimum Gasteiger partial charge on any atom is -0.463 e. The van der Waals surface area contributed by atoms with Crippen LogP contribution in [0.4, 0.5) is 0 Å². The Hall–Kier alpha value is -0.650. The monoisotopic (exact) mass is 315 g/mol. The second kappa shape index (κ2) is 12.9. The van der Waals surface area contributed by atoms with Crippen molar-refractivity contribution >= 4 is 5.97 Å². The number of hydrogen-bond acceptors (Lipinski definition) is 5. The third-order valence-corrected chi connectivity index (χ3v) is 4.07. The van der Waals surface area contributed by atoms with Gasteiger partial charge in [0, 0.05) is 0 Å². The zero-order valence-electron chi connectivity index (χ0n) is 14.3. The van der Waals surface area contributed by atoms with Crippen LogP contribution >= 0.6 is 0 Å². The predicted octanol–water partition coefficient (Wildman–Crippen LogP) is 2.53. The fourth-order valence-electron chi connectivity index (χ4n) is 2.60. The van der Waals surface area contributed by atoms with Crippen molar-refractivity contribution in [2.24, 2.45) is 5.92 Å². The topological polar surface area (TPSA) is 56.8 Å². The Balaban J connectivity index is 1.94. The maximum atomic E-state index is 11.9. The van der Waals surface area contributed by atoms with Crippen LogP contribution in [-0.4, -0.2) is 51.6 Å². The number of carbonyl (C=O) groups excluding carboxylic acids is 1. The normalized spacial score (nSPS) is 17.4. The van der Waals surface area contributed by atoms with E-state index in [4.69, 9.17) is 14.2 Å². The first-order valence-corrected chi connectivity index (χ1v) is 8.84. The highest BCUT2D eigenvalue weighted by Gasteiger charge is 2.17. The average Bonchev–Trinajstić information content (AvgIpc) is 2.55. The van der Waals surface area contributed by atoms with Crippen molar-refractivity contribution in [3.05, 3.63) is 0 Å². The molecule has 0 aromatic rings. The number of carbonyl (C=O) groups is 1. The number of hydrogen-bond donors (Lipinski definition) is 1. The minimum atomic E-state index is -0.0782. The lowest BCUT2D eigenvalue weighted by molar-refractivity contribution is -0.150. The molecule has 0 saturated carbocycles. The first-order chi connectivity index (χ1) is 10.8. The van der Waals surface area contributed by atoms with E-state index in [1.165, 1.54) is 0 Å². The van der Waals surface area contributed by atoms with E-state index in [1.54, 1.807) is 0 Å². The van der Waals surface area contributed by atoms with Crippen molar-refractivity contribution < 1.29 is 19.0 Å². The molecule has 1 fully saturated rings. The molecule has 1 N–H and O–H groups in total. The summed E-state index contributed by atoms with van der Waals surface area (Å²) in [5, 5.41) is 3.31. The standard InChI is InChI=1S/C17H33NO4/c1-3-5-6-15(4-2)17(19)22-14-12-20-11-13-21-16-7-9-18-10-8-16/h15-16,18H,3-14H2,1-2H3. The quantitative estimate of drug-likeness (QED) is 0.443. The van der Waals surface area contributed by atoms with Crippen LogP contribution in [0.25, 0.3) is 0 Å². The molecule has 1 atom stereocenters. The van der Waals surface area contributed by atoms with Crippen molar-refractivity contribution in [1.29, 1.82) is 0 Å². The fraction of sp³-hybridized carbons (Fsp3) is 0.941. The molecule has 1 rings (SSSR count). The van der Waals surface area contributed by atoms with E-state index >= 15 is 0 Å². The maximum Gasteiger partial charge on any atom is 0.308 e. The summed E-state index contributed by atoms with van der Waals surface area (Å²) < 4.78 is 16.5. The van der Waals surface area contributed by atoms with Crippen LogP contribution in [0.5, 0.6) is 0 Å². The first kappa shape index (κ1) is 19.4. The highest BCUT2D eigenvalue weighted by atomic mass is 16.6. The van der Waals surface area contributed by atoms with Gasteiger partial charge in [-0.1, -0.05) is 26.7 Å². The molecule has 1 aliphatic rings. The van der Waals surface area contributed by atoms with Gasteiger partial charge >= 0.3 is 5.97 Å². The van der Waals surface area contributed by atoms with Crippen molar-refractivity contribution in [2.75, 3.05) is 39.5 Å². The van der Waals surface area contributed by atoms with Gasteiger partial charge < -0.3 is 19.5 Å². The van der Waals surface area contributed by atoms with Gasteiger partial charge in [-0.25, -0.2) is 0 Å². The number of ether oxygens (including phenoxy) is 3. The van der Waals surface area contributed by atoms with Gasteiger partial charge in [-0.05, 0) is 38.8 Å². The molecule has 0 amide bonds. The lowest BCUT2D eigenvalue weighted by atomic mass is 10.00. The summed E-state index contributed by atoms with van der Waals surface area (Å²) in [4.78, 5) is 11.9. The van der Waals surface area contributed by atoms with E-state index in [-0.39, 0.29) is 11.9 Å². The molecule has 1 saturated heterocycles. The number of unbranched alkanes of at least 4 members (excludes halogenated alkanes) is 1. The average molecular weight is 315 g/mol. The molecule has 1 unspecified atom stereocenters. The van der Waals surface area contributed by atoms with E-state index in [0.717, 1.165) is 51.6 Å². The van der Waals surface area contributed by atoms with Gasteiger partial charge in [0.2, 0.25) is 0 Å². The summed E-state index contributed by atoms with van der Waals surface area (Å²) in [5.74, 6) is -0.0336.